The zero-order valence-electron chi connectivity index (χ0n) is 34.8. The molecule has 3 aromatic carbocycles. The summed E-state index contributed by atoms with van der Waals surface area (Å²) in [6.07, 6.45) is 1.22. The van der Waals surface area contributed by atoms with Crippen molar-refractivity contribution in [3.8, 4) is 38.6 Å². The van der Waals surface area contributed by atoms with Gasteiger partial charge in [-0.15, -0.1) is 11.3 Å². The average Bonchev–Trinajstić information content (AvgIpc) is 3.87. The fraction of sp³-hybridized carbons (Fsp3) is 0.391. The van der Waals surface area contributed by atoms with Gasteiger partial charge in [0, 0.05) is 68.9 Å². The number of piperazine rings is 1. The Morgan fingerprint density at radius 3 is 2.28 bits per heavy atom. The fourth-order valence-electron chi connectivity index (χ4n) is 7.95. The lowest BCUT2D eigenvalue weighted by molar-refractivity contribution is -0.144. The molecule has 2 unspecified atom stereocenters. The van der Waals surface area contributed by atoms with Crippen molar-refractivity contribution in [1.29, 1.82) is 0 Å². The smallest absolute Gasteiger partial charge is 0.246 e. The predicted molar refractivity (Wildman–Crippen MR) is 234 cm³/mol. The van der Waals surface area contributed by atoms with Crippen LogP contribution >= 0.6 is 11.3 Å². The van der Waals surface area contributed by atoms with Gasteiger partial charge < -0.3 is 30.6 Å². The normalized spacial score (nSPS) is 18.2. The van der Waals surface area contributed by atoms with Crippen molar-refractivity contribution < 1.29 is 24.6 Å². The maximum absolute atomic E-state index is 14.2. The number of anilines is 1. The standard InChI is InChI=1S/C46H54N8O5S/c1-29(31-10-12-33(13-11-31)42-30(2)47-28-60-42)49-44(58)39-25-36(55)27-54(39)45(59)43(46(3,4)5)50-41(57)18-19-52-20-22-53(23-21-52)35-16-14-32(15-17-35)34-24-38(51-48-26-34)37-8-6-7-9-40(37)56/h6-17,24,26,28-29,36,39,43,55-56H,18-23,25,27H2,1-5H3,(H,49,58)(H,50,57)/t29?,36-,39+,43?/m1/s1. The molecule has 3 amide bonds. The predicted octanol–water partition coefficient (Wildman–Crippen LogP) is 5.83. The molecule has 60 heavy (non-hydrogen) atoms. The molecule has 7 rings (SSSR count). The highest BCUT2D eigenvalue weighted by Gasteiger charge is 2.44. The molecule has 2 aromatic heterocycles. The van der Waals surface area contributed by atoms with E-state index in [1.54, 1.807) is 29.7 Å². The molecule has 0 bridgehead atoms. The molecule has 4 atom stereocenters. The number of aliphatic hydroxyl groups is 1. The van der Waals surface area contributed by atoms with Crippen molar-refractivity contribution in [2.24, 2.45) is 5.41 Å². The Morgan fingerprint density at radius 1 is 0.917 bits per heavy atom. The highest BCUT2D eigenvalue weighted by atomic mass is 32.1. The molecule has 0 radical (unpaired) electrons. The number of phenols is 1. The summed E-state index contributed by atoms with van der Waals surface area (Å²) in [7, 11) is 0. The molecule has 5 aromatic rings. The van der Waals surface area contributed by atoms with Gasteiger partial charge in [0.25, 0.3) is 0 Å². The minimum absolute atomic E-state index is 0.0190. The molecule has 314 valence electrons. The van der Waals surface area contributed by atoms with Gasteiger partial charge in [-0.05, 0) is 66.3 Å². The van der Waals surface area contributed by atoms with Crippen molar-refractivity contribution in [2.75, 3.05) is 44.2 Å². The molecule has 2 saturated heterocycles. The SMILES string of the molecule is Cc1ncsc1-c1ccc(C(C)NC(=O)[C@@H]2C[C@@H](O)CN2C(=O)C(NC(=O)CCN2CCN(c3ccc(-c4cnnc(-c5ccccc5O)c4)cc3)CC2)C(C)(C)C)cc1. The number of thiazole rings is 1. The number of amides is 3. The van der Waals surface area contributed by atoms with Gasteiger partial charge in [-0.1, -0.05) is 69.3 Å². The number of aliphatic hydroxyl groups excluding tert-OH is 1. The molecule has 14 heteroatoms. The van der Waals surface area contributed by atoms with Gasteiger partial charge in [-0.2, -0.15) is 10.2 Å². The van der Waals surface area contributed by atoms with E-state index in [1.807, 2.05) is 82.6 Å². The van der Waals surface area contributed by atoms with Crippen LogP contribution in [-0.2, 0) is 14.4 Å². The first-order valence-corrected chi connectivity index (χ1v) is 21.4. The topological polar surface area (TPSA) is 164 Å². The highest BCUT2D eigenvalue weighted by Crippen LogP contribution is 2.32. The summed E-state index contributed by atoms with van der Waals surface area (Å²) in [6.45, 7) is 13.3. The minimum atomic E-state index is -0.884. The molecular formula is C46H54N8O5S. The van der Waals surface area contributed by atoms with Gasteiger partial charge in [-0.3, -0.25) is 19.3 Å². The molecule has 2 fully saturated rings. The average molecular weight is 831 g/mol. The number of aromatic hydroxyl groups is 1. The second kappa shape index (κ2) is 18.3. The van der Waals surface area contributed by atoms with E-state index in [9.17, 15) is 24.6 Å². The Bertz CT molecular complexity index is 2280. The lowest BCUT2D eigenvalue weighted by atomic mass is 9.85. The Balaban J connectivity index is 0.899. The number of hydrogen-bond donors (Lipinski definition) is 4. The van der Waals surface area contributed by atoms with Gasteiger partial charge in [0.1, 0.15) is 17.8 Å². The number of β-amino-alcohol motifs (C(OH)–C–C–N with tert-alkyl or cyclic N) is 1. The van der Waals surface area contributed by atoms with Crippen LogP contribution in [0.5, 0.6) is 5.75 Å². The van der Waals surface area contributed by atoms with Crippen LogP contribution in [0.15, 0.2) is 90.6 Å². The number of rotatable bonds is 12. The molecular weight excluding hydrogens is 777 g/mol. The molecule has 13 nitrogen and oxygen atoms in total. The van der Waals surface area contributed by atoms with Crippen molar-refractivity contribution in [2.45, 2.75) is 71.7 Å². The molecule has 4 heterocycles. The maximum atomic E-state index is 14.2. The van der Waals surface area contributed by atoms with Crippen molar-refractivity contribution >= 4 is 34.7 Å². The van der Waals surface area contributed by atoms with Gasteiger partial charge in [0.2, 0.25) is 17.7 Å². The third kappa shape index (κ3) is 9.83. The van der Waals surface area contributed by atoms with Crippen LogP contribution in [-0.4, -0.2) is 110 Å². The first kappa shape index (κ1) is 42.4. The van der Waals surface area contributed by atoms with Gasteiger partial charge >= 0.3 is 0 Å². The number of carbonyl (C=O) groups is 3. The van der Waals surface area contributed by atoms with Gasteiger partial charge in [-0.25, -0.2) is 4.98 Å². The van der Waals surface area contributed by atoms with Crippen LogP contribution in [0.25, 0.3) is 32.8 Å². The zero-order valence-corrected chi connectivity index (χ0v) is 35.7. The van der Waals surface area contributed by atoms with E-state index >= 15 is 0 Å². The Kier molecular flexibility index (Phi) is 12.9. The van der Waals surface area contributed by atoms with E-state index in [-0.39, 0.29) is 48.9 Å². The molecule has 0 spiro atoms. The maximum Gasteiger partial charge on any atom is 0.246 e. The van der Waals surface area contributed by atoms with Crippen LogP contribution in [0.4, 0.5) is 5.69 Å². The molecule has 2 aliphatic rings. The summed E-state index contributed by atoms with van der Waals surface area (Å²) in [5.74, 6) is -0.788. The van der Waals surface area contributed by atoms with E-state index in [0.29, 0.717) is 17.8 Å². The van der Waals surface area contributed by atoms with Crippen LogP contribution in [0, 0.1) is 12.3 Å². The second-order valence-corrected chi connectivity index (χ2v) is 17.7. The first-order valence-electron chi connectivity index (χ1n) is 20.5. The summed E-state index contributed by atoms with van der Waals surface area (Å²) in [5, 5.41) is 35.4. The van der Waals surface area contributed by atoms with E-state index in [4.69, 9.17) is 0 Å². The number of para-hydroxylation sites is 1. The third-order valence-electron chi connectivity index (χ3n) is 11.5. The number of benzene rings is 3. The summed E-state index contributed by atoms with van der Waals surface area (Å²) < 4.78 is 0. The van der Waals surface area contributed by atoms with Crippen molar-refractivity contribution in [1.82, 2.24) is 35.6 Å². The minimum Gasteiger partial charge on any atom is -0.507 e. The number of aryl methyl sites for hydroxylation is 1. The van der Waals surface area contributed by atoms with E-state index < -0.39 is 23.6 Å². The molecule has 4 N–H and O–H groups in total. The third-order valence-corrected chi connectivity index (χ3v) is 12.5. The lowest BCUT2D eigenvalue weighted by Crippen LogP contribution is -2.58. The van der Waals surface area contributed by atoms with E-state index in [0.717, 1.165) is 64.7 Å². The Morgan fingerprint density at radius 2 is 1.62 bits per heavy atom. The molecule has 0 saturated carbocycles. The van der Waals surface area contributed by atoms with E-state index in [1.165, 1.54) is 4.90 Å². The number of phenolic OH excluding ortho intramolecular Hbond substituents is 1. The Labute approximate surface area is 355 Å². The van der Waals surface area contributed by atoms with Crippen molar-refractivity contribution in [3.63, 3.8) is 0 Å². The number of nitrogens with zero attached hydrogens (tertiary/aromatic N) is 6. The number of aromatic nitrogens is 3. The lowest BCUT2D eigenvalue weighted by Gasteiger charge is -2.37. The summed E-state index contributed by atoms with van der Waals surface area (Å²) in [5.41, 5.74) is 8.38. The van der Waals surface area contributed by atoms with Gasteiger partial charge in [0.05, 0.1) is 40.1 Å². The summed E-state index contributed by atoms with van der Waals surface area (Å²) >= 11 is 1.58. The van der Waals surface area contributed by atoms with E-state index in [2.05, 4.69) is 59.9 Å². The van der Waals surface area contributed by atoms with Crippen LogP contribution in [0.1, 0.15) is 57.8 Å². The van der Waals surface area contributed by atoms with Crippen LogP contribution in [0.2, 0.25) is 0 Å². The number of nitrogens with one attached hydrogen (secondary N) is 2. The van der Waals surface area contributed by atoms with Crippen LogP contribution < -0.4 is 15.5 Å². The monoisotopic (exact) mass is 830 g/mol. The quantitative estimate of drug-likeness (QED) is 0.120. The largest absolute Gasteiger partial charge is 0.507 e. The fourth-order valence-corrected chi connectivity index (χ4v) is 8.76. The number of hydrogen-bond acceptors (Lipinski definition) is 11. The highest BCUT2D eigenvalue weighted by molar-refractivity contribution is 7.13. The zero-order chi connectivity index (χ0) is 42.6. The second-order valence-electron chi connectivity index (χ2n) is 16.9. The van der Waals surface area contributed by atoms with Gasteiger partial charge in [0.15, 0.2) is 0 Å². The number of carbonyl (C=O) groups excluding carboxylic acids is 3. The first-order chi connectivity index (χ1) is 28.7. The summed E-state index contributed by atoms with van der Waals surface area (Å²) in [6, 6.07) is 23.2. The molecule has 0 aliphatic carbocycles. The van der Waals surface area contributed by atoms with Crippen LogP contribution in [0.3, 0.4) is 0 Å². The molecule has 2 aliphatic heterocycles. The summed E-state index contributed by atoms with van der Waals surface area (Å²) in [4.78, 5) is 52.8. The Hall–Kier alpha value is -5.70. The number of likely N-dealkylation sites (tertiary alicyclic amines) is 1. The van der Waals surface area contributed by atoms with Crippen molar-refractivity contribution in [3.05, 3.63) is 102 Å².